The molecule has 21 heavy (non-hydrogen) atoms. The van der Waals surface area contributed by atoms with Gasteiger partial charge < -0.3 is 15.2 Å². The van der Waals surface area contributed by atoms with Gasteiger partial charge in [0.15, 0.2) is 0 Å². The van der Waals surface area contributed by atoms with Crippen LogP contribution in [-0.4, -0.2) is 19.7 Å². The number of hydrogen-bond donors (Lipinski definition) is 1. The maximum Gasteiger partial charge on any atom is 0.311 e. The van der Waals surface area contributed by atoms with Gasteiger partial charge in [0, 0.05) is 23.7 Å². The average molecular weight is 301 g/mol. The topological polar surface area (TPSA) is 61.5 Å². The summed E-state index contributed by atoms with van der Waals surface area (Å²) in [6.45, 7) is 5.19. The average Bonchev–Trinajstić information content (AvgIpc) is 2.37. The molecule has 4 nitrogen and oxygen atoms in total. The molecule has 0 aromatic heterocycles. The Labute approximate surface area is 123 Å². The van der Waals surface area contributed by atoms with E-state index < -0.39 is 29.1 Å². The predicted octanol–water partition coefficient (Wildman–Crippen LogP) is 2.95. The third-order valence-corrected chi connectivity index (χ3v) is 3.22. The second kappa shape index (κ2) is 6.85. The fourth-order valence-electron chi connectivity index (χ4n) is 2.09. The molecule has 118 valence electrons. The minimum Gasteiger partial charge on any atom is -0.497 e. The van der Waals surface area contributed by atoms with Crippen LogP contribution < -0.4 is 10.5 Å². The Hall–Kier alpha value is -1.69. The van der Waals surface area contributed by atoms with Crippen LogP contribution in [0.25, 0.3) is 0 Å². The number of nitrogens with two attached hydrogens (primary N) is 1. The highest BCUT2D eigenvalue weighted by atomic mass is 19.1. The molecule has 0 radical (unpaired) electrons. The molecule has 0 saturated carbocycles. The number of ether oxygens (including phenoxy) is 2. The lowest BCUT2D eigenvalue weighted by Crippen LogP contribution is -2.31. The summed E-state index contributed by atoms with van der Waals surface area (Å²) in [4.78, 5) is 11.8. The maximum absolute atomic E-state index is 14.0. The van der Waals surface area contributed by atoms with Crippen LogP contribution in [0.4, 0.5) is 8.78 Å². The monoisotopic (exact) mass is 301 g/mol. The number of esters is 1. The summed E-state index contributed by atoms with van der Waals surface area (Å²) in [5.74, 6) is -1.96. The van der Waals surface area contributed by atoms with Gasteiger partial charge in [-0.3, -0.25) is 4.79 Å². The second-order valence-corrected chi connectivity index (χ2v) is 5.42. The van der Waals surface area contributed by atoms with E-state index in [9.17, 15) is 13.6 Å². The van der Waals surface area contributed by atoms with Crippen LogP contribution >= 0.6 is 0 Å². The molecule has 0 fully saturated rings. The molecule has 0 aliphatic heterocycles. The van der Waals surface area contributed by atoms with Gasteiger partial charge in [0.05, 0.1) is 19.1 Å². The van der Waals surface area contributed by atoms with Crippen molar-refractivity contribution < 1.29 is 23.0 Å². The first-order chi connectivity index (χ1) is 9.72. The van der Waals surface area contributed by atoms with Crippen LogP contribution in [0.3, 0.4) is 0 Å². The minimum absolute atomic E-state index is 0.0615. The molecule has 6 heteroatoms. The van der Waals surface area contributed by atoms with Crippen molar-refractivity contribution in [3.05, 3.63) is 29.3 Å². The van der Waals surface area contributed by atoms with Crippen molar-refractivity contribution in [2.24, 2.45) is 11.1 Å². The zero-order valence-corrected chi connectivity index (χ0v) is 12.7. The second-order valence-electron chi connectivity index (χ2n) is 5.42. The Morgan fingerprint density at radius 1 is 1.33 bits per heavy atom. The number of carbonyl (C=O) groups excluding carboxylic acids is 1. The molecular weight excluding hydrogens is 280 g/mol. The fraction of sp³-hybridized carbons (Fsp3) is 0.533. The highest BCUT2D eigenvalue weighted by Crippen LogP contribution is 2.33. The largest absolute Gasteiger partial charge is 0.497 e. The van der Waals surface area contributed by atoms with E-state index in [1.54, 1.807) is 20.8 Å². The summed E-state index contributed by atoms with van der Waals surface area (Å²) in [6, 6.07) is 1.17. The molecule has 0 amide bonds. The first-order valence-electron chi connectivity index (χ1n) is 6.68. The molecule has 1 atom stereocenters. The number of rotatable bonds is 6. The molecule has 0 saturated heterocycles. The van der Waals surface area contributed by atoms with E-state index in [2.05, 4.69) is 0 Å². The van der Waals surface area contributed by atoms with Crippen LogP contribution in [0.1, 0.15) is 38.8 Å². The molecule has 0 aliphatic carbocycles. The normalized spacial score (nSPS) is 12.9. The van der Waals surface area contributed by atoms with Crippen LogP contribution in [0.15, 0.2) is 12.1 Å². The number of methoxy groups -OCH3 is 1. The van der Waals surface area contributed by atoms with Gasteiger partial charge in [0.25, 0.3) is 0 Å². The van der Waals surface area contributed by atoms with E-state index in [-0.39, 0.29) is 24.3 Å². The van der Waals surface area contributed by atoms with Crippen molar-refractivity contribution in [2.75, 3.05) is 13.7 Å². The Morgan fingerprint density at radius 3 is 2.29 bits per heavy atom. The quantitative estimate of drug-likeness (QED) is 0.821. The zero-order chi connectivity index (χ0) is 16.2. The molecule has 1 rings (SSSR count). The molecule has 0 spiro atoms. The first kappa shape index (κ1) is 17.4. The van der Waals surface area contributed by atoms with Gasteiger partial charge in [-0.05, 0) is 27.2 Å². The van der Waals surface area contributed by atoms with Gasteiger partial charge in [0.1, 0.15) is 17.4 Å². The van der Waals surface area contributed by atoms with Gasteiger partial charge in [-0.1, -0.05) is 0 Å². The van der Waals surface area contributed by atoms with Gasteiger partial charge in [-0.25, -0.2) is 8.78 Å². The third-order valence-electron chi connectivity index (χ3n) is 3.22. The van der Waals surface area contributed by atoms with Gasteiger partial charge in [-0.15, -0.1) is 0 Å². The van der Waals surface area contributed by atoms with Gasteiger partial charge in [0.2, 0.25) is 0 Å². The Balaban J connectivity index is 2.99. The SMILES string of the molecule is CCOC(=O)C(C)(C)CC(N)c1c(F)cc(OC)cc1F. The van der Waals surface area contributed by atoms with Crippen LogP contribution in [0, 0.1) is 17.0 Å². The van der Waals surface area contributed by atoms with Crippen LogP contribution in [0.2, 0.25) is 0 Å². The Bertz CT molecular complexity index is 495. The summed E-state index contributed by atoms with van der Waals surface area (Å²) in [5.41, 5.74) is 4.69. The molecule has 0 heterocycles. The highest BCUT2D eigenvalue weighted by molar-refractivity contribution is 5.76. The molecule has 2 N–H and O–H groups in total. The summed E-state index contributed by atoms with van der Waals surface area (Å²) in [7, 11) is 1.32. The van der Waals surface area contributed by atoms with Crippen LogP contribution in [-0.2, 0) is 9.53 Å². The summed E-state index contributed by atoms with van der Waals surface area (Å²) in [6.07, 6.45) is 0.0615. The van der Waals surface area contributed by atoms with Crippen molar-refractivity contribution in [3.63, 3.8) is 0 Å². The smallest absolute Gasteiger partial charge is 0.311 e. The standard InChI is InChI=1S/C15H21F2NO3/c1-5-21-14(19)15(2,3)8-12(18)13-10(16)6-9(20-4)7-11(13)17/h6-7,12H,5,8,18H2,1-4H3. The van der Waals surface area contributed by atoms with Gasteiger partial charge >= 0.3 is 5.97 Å². The number of halogens is 2. The van der Waals surface area contributed by atoms with E-state index >= 15 is 0 Å². The van der Waals surface area contributed by atoms with E-state index in [1.807, 2.05) is 0 Å². The zero-order valence-electron chi connectivity index (χ0n) is 12.7. The lowest BCUT2D eigenvalue weighted by Gasteiger charge is -2.26. The first-order valence-corrected chi connectivity index (χ1v) is 6.68. The van der Waals surface area contributed by atoms with E-state index in [0.717, 1.165) is 12.1 Å². The molecule has 1 aromatic carbocycles. The van der Waals surface area contributed by atoms with Crippen LogP contribution in [0.5, 0.6) is 5.75 Å². The number of hydrogen-bond acceptors (Lipinski definition) is 4. The van der Waals surface area contributed by atoms with Crippen molar-refractivity contribution in [2.45, 2.75) is 33.2 Å². The predicted molar refractivity (Wildman–Crippen MR) is 74.9 cm³/mol. The number of carbonyl (C=O) groups is 1. The third kappa shape index (κ3) is 4.14. The van der Waals surface area contributed by atoms with E-state index in [4.69, 9.17) is 15.2 Å². The molecule has 0 aliphatic rings. The van der Waals surface area contributed by atoms with E-state index in [0.29, 0.717) is 0 Å². The van der Waals surface area contributed by atoms with Gasteiger partial charge in [-0.2, -0.15) is 0 Å². The van der Waals surface area contributed by atoms with Crippen molar-refractivity contribution in [1.82, 2.24) is 0 Å². The molecule has 0 bridgehead atoms. The Morgan fingerprint density at radius 2 is 1.86 bits per heavy atom. The van der Waals surface area contributed by atoms with Crippen molar-refractivity contribution in [3.8, 4) is 5.75 Å². The van der Waals surface area contributed by atoms with Crippen molar-refractivity contribution in [1.29, 1.82) is 0 Å². The van der Waals surface area contributed by atoms with E-state index in [1.165, 1.54) is 7.11 Å². The molecular formula is C15H21F2NO3. The molecule has 1 unspecified atom stereocenters. The lowest BCUT2D eigenvalue weighted by atomic mass is 9.83. The molecule has 1 aromatic rings. The maximum atomic E-state index is 14.0. The Kier molecular flexibility index (Phi) is 5.66. The fourth-order valence-corrected chi connectivity index (χ4v) is 2.09. The van der Waals surface area contributed by atoms with Crippen molar-refractivity contribution >= 4 is 5.97 Å². The summed E-state index contributed by atoms with van der Waals surface area (Å²) < 4.78 is 37.6. The summed E-state index contributed by atoms with van der Waals surface area (Å²) >= 11 is 0. The highest BCUT2D eigenvalue weighted by Gasteiger charge is 2.33. The lowest BCUT2D eigenvalue weighted by molar-refractivity contribution is -0.154. The summed E-state index contributed by atoms with van der Waals surface area (Å²) in [5, 5.41) is 0. The minimum atomic E-state index is -0.963. The number of benzene rings is 1.